The quantitative estimate of drug-likeness (QED) is 0.599. The van der Waals surface area contributed by atoms with E-state index in [-0.39, 0.29) is 17.7 Å². The summed E-state index contributed by atoms with van der Waals surface area (Å²) in [5.41, 5.74) is 1.08. The molecule has 0 radical (unpaired) electrons. The van der Waals surface area contributed by atoms with Crippen molar-refractivity contribution in [2.24, 2.45) is 5.92 Å². The number of thiophene rings is 1. The maximum Gasteiger partial charge on any atom is 0.263 e. The largest absolute Gasteiger partial charge is 0.342 e. The number of hydrogen-bond acceptors (Lipinski definition) is 5. The smallest absolute Gasteiger partial charge is 0.263 e. The van der Waals surface area contributed by atoms with E-state index >= 15 is 0 Å². The Morgan fingerprint density at radius 2 is 1.80 bits per heavy atom. The summed E-state index contributed by atoms with van der Waals surface area (Å²) in [4.78, 5) is 35.3. The first-order valence-corrected chi connectivity index (χ1v) is 12.4. The van der Waals surface area contributed by atoms with Crippen LogP contribution in [0.4, 0.5) is 0 Å². The summed E-state index contributed by atoms with van der Waals surface area (Å²) in [6.45, 7) is 2.87. The Bertz CT molecular complexity index is 1000. The van der Waals surface area contributed by atoms with Gasteiger partial charge in [0.2, 0.25) is 5.91 Å². The van der Waals surface area contributed by atoms with Gasteiger partial charge in [-0.2, -0.15) is 0 Å². The van der Waals surface area contributed by atoms with Gasteiger partial charge in [-0.3, -0.25) is 9.59 Å². The number of hydrogen-bond donors (Lipinski definition) is 0. The summed E-state index contributed by atoms with van der Waals surface area (Å²) >= 11 is 3.26. The highest BCUT2D eigenvalue weighted by Gasteiger charge is 2.34. The average molecular weight is 440 g/mol. The minimum atomic E-state index is -0.0679. The van der Waals surface area contributed by atoms with Gasteiger partial charge < -0.3 is 9.80 Å². The third-order valence-corrected chi connectivity index (χ3v) is 8.31. The molecule has 0 bridgehead atoms. The molecule has 0 aliphatic carbocycles. The highest BCUT2D eigenvalue weighted by Crippen LogP contribution is 2.34. The normalized spacial score (nSPS) is 20.6. The van der Waals surface area contributed by atoms with E-state index in [4.69, 9.17) is 4.98 Å². The van der Waals surface area contributed by atoms with Crippen LogP contribution in [0.3, 0.4) is 0 Å². The summed E-state index contributed by atoms with van der Waals surface area (Å²) in [7, 11) is 0. The second-order valence-corrected chi connectivity index (χ2v) is 10.2. The Morgan fingerprint density at radius 3 is 2.57 bits per heavy atom. The lowest BCUT2D eigenvalue weighted by molar-refractivity contribution is -0.138. The van der Waals surface area contributed by atoms with Crippen molar-refractivity contribution in [3.8, 4) is 0 Å². The van der Waals surface area contributed by atoms with Gasteiger partial charge in [-0.15, -0.1) is 22.7 Å². The Labute approximate surface area is 184 Å². The van der Waals surface area contributed by atoms with E-state index in [1.165, 1.54) is 21.0 Å². The minimum Gasteiger partial charge on any atom is -0.342 e. The van der Waals surface area contributed by atoms with Crippen molar-refractivity contribution in [2.75, 3.05) is 26.2 Å². The first-order chi connectivity index (χ1) is 14.7. The van der Waals surface area contributed by atoms with Gasteiger partial charge in [0.05, 0.1) is 26.0 Å². The van der Waals surface area contributed by atoms with Crippen LogP contribution in [0.25, 0.3) is 10.2 Å². The number of para-hydroxylation sites is 1. The van der Waals surface area contributed by atoms with Crippen molar-refractivity contribution in [2.45, 2.75) is 31.6 Å². The monoisotopic (exact) mass is 439 g/mol. The summed E-state index contributed by atoms with van der Waals surface area (Å²) in [6, 6.07) is 12.1. The van der Waals surface area contributed by atoms with Crippen LogP contribution in [-0.4, -0.2) is 52.8 Å². The molecule has 0 unspecified atom stereocenters. The van der Waals surface area contributed by atoms with Crippen molar-refractivity contribution < 1.29 is 9.59 Å². The van der Waals surface area contributed by atoms with Gasteiger partial charge in [0.25, 0.3) is 5.91 Å². The topological polar surface area (TPSA) is 53.5 Å². The fourth-order valence-corrected chi connectivity index (χ4v) is 6.42. The zero-order valence-electron chi connectivity index (χ0n) is 16.8. The molecular weight excluding hydrogens is 414 g/mol. The summed E-state index contributed by atoms with van der Waals surface area (Å²) < 4.78 is 1.24. The van der Waals surface area contributed by atoms with Crippen LogP contribution in [0.2, 0.25) is 0 Å². The second kappa shape index (κ2) is 8.47. The van der Waals surface area contributed by atoms with E-state index in [2.05, 4.69) is 18.2 Å². The lowest BCUT2D eigenvalue weighted by Crippen LogP contribution is -2.48. The highest BCUT2D eigenvalue weighted by atomic mass is 32.1. The molecule has 2 fully saturated rings. The highest BCUT2D eigenvalue weighted by molar-refractivity contribution is 7.18. The van der Waals surface area contributed by atoms with E-state index in [1.54, 1.807) is 11.3 Å². The lowest BCUT2D eigenvalue weighted by atomic mass is 9.93. The van der Waals surface area contributed by atoms with Crippen LogP contribution >= 0.6 is 22.7 Å². The van der Waals surface area contributed by atoms with Crippen molar-refractivity contribution in [3.63, 3.8) is 0 Å². The lowest BCUT2D eigenvalue weighted by Gasteiger charge is -2.37. The minimum absolute atomic E-state index is 0.0667. The van der Waals surface area contributed by atoms with Crippen LogP contribution in [0, 0.1) is 5.92 Å². The molecule has 30 heavy (non-hydrogen) atoms. The molecule has 2 aliphatic rings. The molecule has 0 saturated carbocycles. The van der Waals surface area contributed by atoms with Crippen LogP contribution in [0.15, 0.2) is 41.8 Å². The number of benzene rings is 1. The zero-order valence-corrected chi connectivity index (χ0v) is 18.5. The Kier molecular flexibility index (Phi) is 5.56. The number of aromatic nitrogens is 1. The average Bonchev–Trinajstić information content (AvgIpc) is 3.48. The van der Waals surface area contributed by atoms with Gasteiger partial charge in [-0.1, -0.05) is 18.2 Å². The second-order valence-electron chi connectivity index (χ2n) is 8.19. The standard InChI is InChI=1S/C23H25N3O2S2/c27-22(17-5-3-11-26(15-17)23(28)20-8-4-14-29-20)25-12-9-16(10-13-25)21-24-18-6-1-2-7-19(18)30-21/h1-2,4,6-8,14,16-17H,3,5,9-13,15H2/t17-/m0/s1. The van der Waals surface area contributed by atoms with Crippen LogP contribution in [0.1, 0.15) is 46.3 Å². The Hall–Kier alpha value is -2.25. The third-order valence-electron chi connectivity index (χ3n) is 6.26. The molecule has 2 amide bonds. The van der Waals surface area contributed by atoms with Crippen molar-refractivity contribution >= 4 is 44.7 Å². The first-order valence-electron chi connectivity index (χ1n) is 10.7. The molecule has 156 valence electrons. The van der Waals surface area contributed by atoms with Crippen molar-refractivity contribution in [1.29, 1.82) is 0 Å². The van der Waals surface area contributed by atoms with Crippen LogP contribution < -0.4 is 0 Å². The molecule has 0 N–H and O–H groups in total. The van der Waals surface area contributed by atoms with Gasteiger partial charge in [-0.05, 0) is 49.3 Å². The molecular formula is C23H25N3O2S2. The van der Waals surface area contributed by atoms with Gasteiger partial charge in [0.1, 0.15) is 0 Å². The number of piperidine rings is 2. The number of amides is 2. The number of rotatable bonds is 3. The van der Waals surface area contributed by atoms with E-state index in [0.717, 1.165) is 55.7 Å². The van der Waals surface area contributed by atoms with Gasteiger partial charge in [0.15, 0.2) is 0 Å². The number of nitrogens with zero attached hydrogens (tertiary/aromatic N) is 3. The molecule has 2 saturated heterocycles. The summed E-state index contributed by atoms with van der Waals surface area (Å²) in [5.74, 6) is 0.662. The maximum absolute atomic E-state index is 13.2. The Balaban J connectivity index is 1.19. The fourth-order valence-electron chi connectivity index (χ4n) is 4.59. The maximum atomic E-state index is 13.2. The van der Waals surface area contributed by atoms with Crippen LogP contribution in [-0.2, 0) is 4.79 Å². The molecule has 5 rings (SSSR count). The molecule has 3 aromatic rings. The molecule has 0 spiro atoms. The number of likely N-dealkylation sites (tertiary alicyclic amines) is 2. The molecule has 7 heteroatoms. The van der Waals surface area contributed by atoms with E-state index in [1.807, 2.05) is 33.4 Å². The summed E-state index contributed by atoms with van der Waals surface area (Å²) in [5, 5.41) is 3.13. The first kappa shape index (κ1) is 19.7. The molecule has 1 atom stereocenters. The van der Waals surface area contributed by atoms with E-state index in [9.17, 15) is 9.59 Å². The molecule has 2 aliphatic heterocycles. The Morgan fingerprint density at radius 1 is 0.967 bits per heavy atom. The van der Waals surface area contributed by atoms with Gasteiger partial charge in [-0.25, -0.2) is 4.98 Å². The van der Waals surface area contributed by atoms with Crippen LogP contribution in [0.5, 0.6) is 0 Å². The third kappa shape index (κ3) is 3.88. The predicted molar refractivity (Wildman–Crippen MR) is 121 cm³/mol. The van der Waals surface area contributed by atoms with E-state index in [0.29, 0.717) is 12.5 Å². The number of carbonyl (C=O) groups excluding carboxylic acids is 2. The molecule has 1 aromatic carbocycles. The zero-order chi connectivity index (χ0) is 20.5. The van der Waals surface area contributed by atoms with Crippen molar-refractivity contribution in [1.82, 2.24) is 14.8 Å². The number of carbonyl (C=O) groups is 2. The molecule has 5 nitrogen and oxygen atoms in total. The van der Waals surface area contributed by atoms with E-state index < -0.39 is 0 Å². The molecule has 2 aromatic heterocycles. The fraction of sp³-hybridized carbons (Fsp3) is 0.435. The SMILES string of the molecule is O=C(c1cccs1)N1CCC[C@H](C(=O)N2CCC(c3nc4ccccc4s3)CC2)C1. The van der Waals surface area contributed by atoms with Crippen molar-refractivity contribution in [3.05, 3.63) is 51.7 Å². The van der Waals surface area contributed by atoms with Gasteiger partial charge in [0, 0.05) is 32.1 Å². The summed E-state index contributed by atoms with van der Waals surface area (Å²) in [6.07, 6.45) is 3.72. The number of fused-ring (bicyclic) bond motifs is 1. The number of thiazole rings is 1. The van der Waals surface area contributed by atoms with Gasteiger partial charge >= 0.3 is 0 Å². The predicted octanol–water partition coefficient (Wildman–Crippen LogP) is 4.62. The molecule has 4 heterocycles.